The third kappa shape index (κ3) is 5.25. The van der Waals surface area contributed by atoms with Crippen molar-refractivity contribution >= 4 is 52.6 Å². The van der Waals surface area contributed by atoms with Crippen LogP contribution in [0, 0.1) is 20.8 Å². The van der Waals surface area contributed by atoms with Crippen LogP contribution in [0.2, 0.25) is 5.02 Å². The van der Waals surface area contributed by atoms with Gasteiger partial charge in [-0.15, -0.1) is 23.7 Å². The lowest BCUT2D eigenvalue weighted by molar-refractivity contribution is -0.115. The topological polar surface area (TPSA) is 46.4 Å². The number of hydrogen-bond acceptors (Lipinski definition) is 3. The maximum absolute atomic E-state index is 12.4. The smallest absolute Gasteiger partial charge is 0.230 e. The van der Waals surface area contributed by atoms with Crippen LogP contribution >= 0.6 is 35.3 Å². The van der Waals surface area contributed by atoms with Gasteiger partial charge in [0.2, 0.25) is 5.91 Å². The second-order valence-corrected chi connectivity index (χ2v) is 7.90. The molecule has 1 N–H and O–H groups in total. The first-order valence-corrected chi connectivity index (χ1v) is 9.90. The maximum Gasteiger partial charge on any atom is 0.230 e. The van der Waals surface area contributed by atoms with Crippen molar-refractivity contribution in [2.75, 3.05) is 5.32 Å². The summed E-state index contributed by atoms with van der Waals surface area (Å²) in [5, 5.41) is 5.52. The van der Waals surface area contributed by atoms with Gasteiger partial charge >= 0.3 is 0 Å². The van der Waals surface area contributed by atoms with E-state index in [2.05, 4.69) is 31.3 Å². The Morgan fingerprint density at radius 1 is 1.14 bits per heavy atom. The number of nitrogens with one attached hydrogen (secondary N) is 1. The van der Waals surface area contributed by atoms with Crippen LogP contribution in [0.5, 0.6) is 0 Å². The molecule has 0 atom stereocenters. The van der Waals surface area contributed by atoms with Gasteiger partial charge in [-0.2, -0.15) is 0 Å². The lowest BCUT2D eigenvalue weighted by Gasteiger charge is -2.07. The molecular formula is C21H23Cl2N3OS. The summed E-state index contributed by atoms with van der Waals surface area (Å²) in [4.78, 5) is 18.0. The van der Waals surface area contributed by atoms with Crippen molar-refractivity contribution in [2.45, 2.75) is 27.2 Å². The third-order valence-electron chi connectivity index (χ3n) is 4.38. The highest BCUT2D eigenvalue weighted by atomic mass is 35.5. The van der Waals surface area contributed by atoms with Crippen LogP contribution in [-0.2, 0) is 18.3 Å². The van der Waals surface area contributed by atoms with Crippen LogP contribution in [0.1, 0.15) is 22.4 Å². The largest absolute Gasteiger partial charge is 0.326 e. The quantitative estimate of drug-likeness (QED) is 0.577. The van der Waals surface area contributed by atoms with Crippen LogP contribution in [0.25, 0.3) is 0 Å². The van der Waals surface area contributed by atoms with Gasteiger partial charge in [0.05, 0.1) is 12.1 Å². The first-order valence-electron chi connectivity index (χ1n) is 8.65. The Balaban J connectivity index is 0.00000280. The number of thiazole rings is 1. The fourth-order valence-corrected chi connectivity index (χ4v) is 3.83. The molecule has 1 heterocycles. The zero-order valence-electron chi connectivity index (χ0n) is 16.2. The van der Waals surface area contributed by atoms with Gasteiger partial charge in [0.1, 0.15) is 0 Å². The molecule has 0 radical (unpaired) electrons. The fraction of sp³-hybridized carbons (Fsp3) is 0.238. The number of nitrogens with zero attached hydrogens (tertiary/aromatic N) is 2. The summed E-state index contributed by atoms with van der Waals surface area (Å²) >= 11 is 7.65. The Morgan fingerprint density at radius 2 is 1.89 bits per heavy atom. The van der Waals surface area contributed by atoms with Gasteiger partial charge in [0, 0.05) is 28.8 Å². The van der Waals surface area contributed by atoms with Crippen molar-refractivity contribution in [1.82, 2.24) is 4.57 Å². The summed E-state index contributed by atoms with van der Waals surface area (Å²) in [6.45, 7) is 6.06. The van der Waals surface area contributed by atoms with Crippen LogP contribution in [0.3, 0.4) is 0 Å². The van der Waals surface area contributed by atoms with E-state index in [-0.39, 0.29) is 24.7 Å². The summed E-state index contributed by atoms with van der Waals surface area (Å²) in [5.41, 5.74) is 5.90. The molecule has 1 aromatic heterocycles. The van der Waals surface area contributed by atoms with Crippen LogP contribution < -0.4 is 10.1 Å². The summed E-state index contributed by atoms with van der Waals surface area (Å²) in [6, 6.07) is 11.7. The van der Waals surface area contributed by atoms with Gasteiger partial charge in [-0.3, -0.25) is 4.79 Å². The second-order valence-electron chi connectivity index (χ2n) is 6.66. The van der Waals surface area contributed by atoms with E-state index in [0.29, 0.717) is 10.7 Å². The number of aromatic nitrogens is 1. The van der Waals surface area contributed by atoms with Gasteiger partial charge in [-0.1, -0.05) is 35.4 Å². The molecule has 0 aliphatic carbocycles. The highest BCUT2D eigenvalue weighted by Gasteiger charge is 2.10. The first-order chi connectivity index (χ1) is 12.8. The summed E-state index contributed by atoms with van der Waals surface area (Å²) in [7, 11) is 1.93. The Bertz CT molecular complexity index is 1070. The number of rotatable bonds is 4. The lowest BCUT2D eigenvalue weighted by Crippen LogP contribution is -2.19. The third-order valence-corrected chi connectivity index (χ3v) is 5.76. The Labute approximate surface area is 180 Å². The average Bonchev–Trinajstić information content (AvgIpc) is 2.94. The fourth-order valence-electron chi connectivity index (χ4n) is 2.74. The van der Waals surface area contributed by atoms with Crippen molar-refractivity contribution in [2.24, 2.45) is 12.0 Å². The van der Waals surface area contributed by atoms with E-state index in [4.69, 9.17) is 16.6 Å². The number of carbonyl (C=O) groups is 1. The normalized spacial score (nSPS) is 11.2. The predicted octanol–water partition coefficient (Wildman–Crippen LogP) is 5.50. The van der Waals surface area contributed by atoms with Gasteiger partial charge in [-0.25, -0.2) is 4.99 Å². The first kappa shape index (κ1) is 22.2. The molecule has 0 bridgehead atoms. The number of hydrogen-bond donors (Lipinski definition) is 1. The Morgan fingerprint density at radius 3 is 2.57 bits per heavy atom. The summed E-state index contributed by atoms with van der Waals surface area (Å²) in [6.07, 6.45) is 0.279. The molecule has 1 amide bonds. The minimum absolute atomic E-state index is 0. The number of anilines is 1. The minimum atomic E-state index is -0.0820. The molecule has 0 aliphatic heterocycles. The van der Waals surface area contributed by atoms with E-state index in [1.165, 1.54) is 16.9 Å². The zero-order chi connectivity index (χ0) is 19.6. The van der Waals surface area contributed by atoms with Crippen molar-refractivity contribution in [3.8, 4) is 0 Å². The molecule has 0 fully saturated rings. The van der Waals surface area contributed by atoms with E-state index < -0.39 is 0 Å². The second kappa shape index (κ2) is 9.41. The van der Waals surface area contributed by atoms with E-state index in [1.54, 1.807) is 6.07 Å². The van der Waals surface area contributed by atoms with Gasteiger partial charge in [0.25, 0.3) is 0 Å². The van der Waals surface area contributed by atoms with Crippen molar-refractivity contribution in [3.05, 3.63) is 74.0 Å². The number of carbonyl (C=O) groups excluding carboxylic acids is 1. The highest BCUT2D eigenvalue weighted by molar-refractivity contribution is 7.07. The standard InChI is InChI=1S/C21H22ClN3OS.ClH/c1-13-5-8-19(15(3)9-13)24-21-25(4)17(12-27-21)11-20(26)23-16-7-6-14(2)18(22)10-16;/h5-10,12H,11H2,1-4H3,(H,23,26);1H/b24-21+;. The molecule has 0 spiro atoms. The minimum Gasteiger partial charge on any atom is -0.326 e. The molecule has 28 heavy (non-hydrogen) atoms. The molecular weight excluding hydrogens is 413 g/mol. The monoisotopic (exact) mass is 435 g/mol. The maximum atomic E-state index is 12.4. The molecule has 0 saturated carbocycles. The zero-order valence-corrected chi connectivity index (χ0v) is 18.6. The number of amides is 1. The molecule has 2 aromatic carbocycles. The number of halogens is 2. The van der Waals surface area contributed by atoms with Crippen molar-refractivity contribution in [3.63, 3.8) is 0 Å². The van der Waals surface area contributed by atoms with Crippen molar-refractivity contribution in [1.29, 1.82) is 0 Å². The van der Waals surface area contributed by atoms with E-state index >= 15 is 0 Å². The SMILES string of the molecule is Cc1ccc(/N=c2/scc(CC(=O)Nc3ccc(C)c(Cl)c3)n2C)c(C)c1.Cl. The summed E-state index contributed by atoms with van der Waals surface area (Å²) < 4.78 is 1.96. The summed E-state index contributed by atoms with van der Waals surface area (Å²) in [5.74, 6) is -0.0820. The Kier molecular flexibility index (Phi) is 7.47. The van der Waals surface area contributed by atoms with Gasteiger partial charge in [-0.05, 0) is 50.1 Å². The molecule has 7 heteroatoms. The lowest BCUT2D eigenvalue weighted by atomic mass is 10.1. The predicted molar refractivity (Wildman–Crippen MR) is 120 cm³/mol. The average molecular weight is 436 g/mol. The van der Waals surface area contributed by atoms with E-state index in [9.17, 15) is 4.79 Å². The van der Waals surface area contributed by atoms with E-state index in [1.807, 2.05) is 42.1 Å². The van der Waals surface area contributed by atoms with Crippen molar-refractivity contribution < 1.29 is 4.79 Å². The highest BCUT2D eigenvalue weighted by Crippen LogP contribution is 2.21. The molecule has 0 unspecified atom stereocenters. The molecule has 148 valence electrons. The molecule has 0 aliphatic rings. The molecule has 0 saturated heterocycles. The molecule has 4 nitrogen and oxygen atoms in total. The number of aryl methyl sites for hydroxylation is 3. The van der Waals surface area contributed by atoms with Gasteiger partial charge in [0.15, 0.2) is 4.80 Å². The van der Waals surface area contributed by atoms with Gasteiger partial charge < -0.3 is 9.88 Å². The van der Waals surface area contributed by atoms with Crippen LogP contribution in [0.15, 0.2) is 46.8 Å². The van der Waals surface area contributed by atoms with Crippen LogP contribution in [0.4, 0.5) is 11.4 Å². The van der Waals surface area contributed by atoms with Crippen LogP contribution in [-0.4, -0.2) is 10.5 Å². The number of benzene rings is 2. The van der Waals surface area contributed by atoms with E-state index in [0.717, 1.165) is 27.3 Å². The Hall–Kier alpha value is -2.08. The molecule has 3 aromatic rings. The molecule has 3 rings (SSSR count).